The second kappa shape index (κ2) is 10.3. The molecule has 6 rings (SSSR count). The number of rotatable bonds is 6. The van der Waals surface area contributed by atoms with Crippen LogP contribution in [0.15, 0.2) is 119 Å². The molecule has 0 saturated heterocycles. The molecular formula is C33H24N2O4. The summed E-state index contributed by atoms with van der Waals surface area (Å²) in [5.41, 5.74) is 5.16. The van der Waals surface area contributed by atoms with E-state index in [2.05, 4.69) is 4.98 Å². The molecule has 3 aromatic carbocycles. The van der Waals surface area contributed by atoms with Crippen LogP contribution in [0.3, 0.4) is 0 Å². The van der Waals surface area contributed by atoms with Gasteiger partial charge in [0.1, 0.15) is 11.5 Å². The third-order valence-electron chi connectivity index (χ3n) is 6.50. The molecule has 0 spiro atoms. The Labute approximate surface area is 225 Å². The second-order valence-corrected chi connectivity index (χ2v) is 9.02. The van der Waals surface area contributed by atoms with Crippen molar-refractivity contribution in [1.82, 2.24) is 4.98 Å². The third-order valence-corrected chi connectivity index (χ3v) is 6.50. The van der Waals surface area contributed by atoms with Crippen molar-refractivity contribution in [2.45, 2.75) is 6.92 Å². The maximum absolute atomic E-state index is 13.8. The molecular weight excluding hydrogens is 488 g/mol. The molecule has 0 radical (unpaired) electrons. The summed E-state index contributed by atoms with van der Waals surface area (Å²) in [7, 11) is 0. The van der Waals surface area contributed by atoms with Crippen LogP contribution >= 0.6 is 0 Å². The first-order valence-electron chi connectivity index (χ1n) is 12.7. The molecule has 0 unspecified atom stereocenters. The van der Waals surface area contributed by atoms with Crippen molar-refractivity contribution in [3.05, 3.63) is 132 Å². The van der Waals surface area contributed by atoms with Crippen molar-refractivity contribution in [3.8, 4) is 11.3 Å². The zero-order valence-corrected chi connectivity index (χ0v) is 21.2. The Hall–Kier alpha value is -5.23. The van der Waals surface area contributed by atoms with E-state index in [1.165, 1.54) is 0 Å². The van der Waals surface area contributed by atoms with E-state index in [-0.39, 0.29) is 11.9 Å². The number of benzene rings is 3. The molecule has 190 valence electrons. The molecule has 6 nitrogen and oxygen atoms in total. The fraction of sp³-hybridized carbons (Fsp3) is 0.0606. The van der Waals surface area contributed by atoms with Crippen LogP contribution in [0.25, 0.3) is 34.0 Å². The number of furan rings is 1. The monoisotopic (exact) mass is 512 g/mol. The van der Waals surface area contributed by atoms with Crippen LogP contribution in [0.2, 0.25) is 0 Å². The molecule has 0 bridgehead atoms. The summed E-state index contributed by atoms with van der Waals surface area (Å²) in [6, 6.07) is 30.2. The van der Waals surface area contributed by atoms with E-state index in [0.29, 0.717) is 29.3 Å². The van der Waals surface area contributed by atoms with Crippen molar-refractivity contribution < 1.29 is 18.7 Å². The highest BCUT2D eigenvalue weighted by molar-refractivity contribution is 6.23. The molecule has 1 amide bonds. The van der Waals surface area contributed by atoms with Gasteiger partial charge in [0.2, 0.25) is 0 Å². The maximum atomic E-state index is 13.8. The van der Waals surface area contributed by atoms with Crippen molar-refractivity contribution in [1.29, 1.82) is 0 Å². The fourth-order valence-electron chi connectivity index (χ4n) is 4.62. The maximum Gasteiger partial charge on any atom is 0.338 e. The predicted molar refractivity (Wildman–Crippen MR) is 152 cm³/mol. The van der Waals surface area contributed by atoms with Crippen molar-refractivity contribution in [3.63, 3.8) is 0 Å². The quantitative estimate of drug-likeness (QED) is 0.179. The van der Waals surface area contributed by atoms with Gasteiger partial charge < -0.3 is 9.15 Å². The Balaban J connectivity index is 1.34. The summed E-state index contributed by atoms with van der Waals surface area (Å²) >= 11 is 0. The summed E-state index contributed by atoms with van der Waals surface area (Å²) in [4.78, 5) is 31.8. The summed E-state index contributed by atoms with van der Waals surface area (Å²) in [6.07, 6.45) is 5.40. The molecule has 5 aromatic rings. The number of ether oxygens (including phenoxy) is 1. The van der Waals surface area contributed by atoms with Gasteiger partial charge in [-0.05, 0) is 73.2 Å². The number of fused-ring (bicyclic) bond motifs is 1. The topological polar surface area (TPSA) is 72.6 Å². The summed E-state index contributed by atoms with van der Waals surface area (Å²) in [5, 5.41) is 0.956. The SMILES string of the molecule is CCOC(=O)c1ccc(-c2ccc(/C=C3/C=C(c4ccccc4)N(c4ccc5ncccc5c4)C3=O)o2)cc1. The van der Waals surface area contributed by atoms with Crippen LogP contribution in [0.5, 0.6) is 0 Å². The number of carbonyl (C=O) groups is 2. The molecule has 3 heterocycles. The molecule has 1 aliphatic heterocycles. The van der Waals surface area contributed by atoms with E-state index < -0.39 is 0 Å². The molecule has 0 fully saturated rings. The van der Waals surface area contributed by atoms with Gasteiger partial charge >= 0.3 is 5.97 Å². The van der Waals surface area contributed by atoms with E-state index in [1.807, 2.05) is 91.0 Å². The number of hydrogen-bond acceptors (Lipinski definition) is 5. The number of amides is 1. The van der Waals surface area contributed by atoms with E-state index in [4.69, 9.17) is 9.15 Å². The van der Waals surface area contributed by atoms with Crippen molar-refractivity contribution in [2.75, 3.05) is 11.5 Å². The first-order valence-corrected chi connectivity index (χ1v) is 12.7. The molecule has 0 aliphatic carbocycles. The third kappa shape index (κ3) is 4.76. The predicted octanol–water partition coefficient (Wildman–Crippen LogP) is 7.14. The van der Waals surface area contributed by atoms with Crippen LogP contribution < -0.4 is 4.90 Å². The van der Waals surface area contributed by atoms with Crippen molar-refractivity contribution in [2.24, 2.45) is 0 Å². The van der Waals surface area contributed by atoms with Crippen LogP contribution in [-0.2, 0) is 9.53 Å². The van der Waals surface area contributed by atoms with Gasteiger partial charge in [0.05, 0.1) is 23.4 Å². The lowest BCUT2D eigenvalue weighted by Gasteiger charge is -2.21. The average molecular weight is 513 g/mol. The van der Waals surface area contributed by atoms with E-state index in [0.717, 1.165) is 33.4 Å². The van der Waals surface area contributed by atoms with E-state index >= 15 is 0 Å². The summed E-state index contributed by atoms with van der Waals surface area (Å²) < 4.78 is 11.1. The molecule has 2 aromatic heterocycles. The van der Waals surface area contributed by atoms with Crippen LogP contribution in [0.1, 0.15) is 28.6 Å². The fourth-order valence-corrected chi connectivity index (χ4v) is 4.62. The number of nitrogens with zero attached hydrogens (tertiary/aromatic N) is 2. The van der Waals surface area contributed by atoms with Gasteiger partial charge in [0.25, 0.3) is 5.91 Å². The highest BCUT2D eigenvalue weighted by Gasteiger charge is 2.31. The molecule has 0 saturated carbocycles. The number of carbonyl (C=O) groups excluding carboxylic acids is 2. The van der Waals surface area contributed by atoms with Gasteiger partial charge in [-0.3, -0.25) is 14.7 Å². The van der Waals surface area contributed by atoms with Gasteiger partial charge in [0, 0.05) is 28.4 Å². The van der Waals surface area contributed by atoms with Crippen molar-refractivity contribution >= 4 is 40.2 Å². The van der Waals surface area contributed by atoms with Crippen LogP contribution in [0.4, 0.5) is 5.69 Å². The average Bonchev–Trinajstić information content (AvgIpc) is 3.58. The van der Waals surface area contributed by atoms with Crippen LogP contribution in [0, 0.1) is 0 Å². The minimum Gasteiger partial charge on any atom is -0.462 e. The molecule has 1 aliphatic rings. The normalized spacial score (nSPS) is 14.2. The molecule has 0 atom stereocenters. The van der Waals surface area contributed by atoms with E-state index in [1.54, 1.807) is 36.2 Å². The largest absolute Gasteiger partial charge is 0.462 e. The Morgan fingerprint density at radius 1 is 0.923 bits per heavy atom. The Morgan fingerprint density at radius 3 is 2.54 bits per heavy atom. The smallest absolute Gasteiger partial charge is 0.338 e. The highest BCUT2D eigenvalue weighted by Crippen LogP contribution is 2.36. The first kappa shape index (κ1) is 24.1. The van der Waals surface area contributed by atoms with Crippen LogP contribution in [-0.4, -0.2) is 23.5 Å². The molecule has 6 heteroatoms. The van der Waals surface area contributed by atoms with Gasteiger partial charge in [0.15, 0.2) is 0 Å². The standard InChI is InChI=1S/C33H24N2O4/c1-2-38-33(37)24-12-10-23(11-13-24)31-17-15-28(39-31)20-26-21-30(22-7-4-3-5-8-22)35(32(26)36)27-14-16-29-25(19-27)9-6-18-34-29/h3-21H,2H2,1H3/b26-20-. The Kier molecular flexibility index (Phi) is 6.35. The molecule has 39 heavy (non-hydrogen) atoms. The Bertz CT molecular complexity index is 1750. The number of anilines is 1. The van der Waals surface area contributed by atoms with Gasteiger partial charge in [-0.25, -0.2) is 4.79 Å². The lowest BCUT2D eigenvalue weighted by Crippen LogP contribution is -2.24. The summed E-state index contributed by atoms with van der Waals surface area (Å²) in [5.74, 6) is 0.681. The highest BCUT2D eigenvalue weighted by atomic mass is 16.5. The number of pyridine rings is 1. The van der Waals surface area contributed by atoms with Gasteiger partial charge in [-0.15, -0.1) is 0 Å². The minimum absolute atomic E-state index is 0.145. The number of aromatic nitrogens is 1. The molecule has 0 N–H and O–H groups in total. The Morgan fingerprint density at radius 2 is 1.74 bits per heavy atom. The van der Waals surface area contributed by atoms with Gasteiger partial charge in [-0.2, -0.15) is 0 Å². The second-order valence-electron chi connectivity index (χ2n) is 9.02. The lowest BCUT2D eigenvalue weighted by atomic mass is 10.1. The summed E-state index contributed by atoms with van der Waals surface area (Å²) in [6.45, 7) is 2.10. The van der Waals surface area contributed by atoms with E-state index in [9.17, 15) is 9.59 Å². The lowest BCUT2D eigenvalue weighted by molar-refractivity contribution is -0.113. The minimum atomic E-state index is -0.359. The zero-order chi connectivity index (χ0) is 26.8. The first-order chi connectivity index (χ1) is 19.1. The van der Waals surface area contributed by atoms with Gasteiger partial charge in [-0.1, -0.05) is 48.5 Å². The number of esters is 1. The zero-order valence-electron chi connectivity index (χ0n) is 21.2. The number of hydrogen-bond donors (Lipinski definition) is 0.